The quantitative estimate of drug-likeness (QED) is 0.574. The lowest BCUT2D eigenvalue weighted by Crippen LogP contribution is -2.36. The van der Waals surface area contributed by atoms with Crippen LogP contribution in [0.3, 0.4) is 0 Å². The summed E-state index contributed by atoms with van der Waals surface area (Å²) in [7, 11) is 0. The van der Waals surface area contributed by atoms with Crippen LogP contribution in [0.5, 0.6) is 0 Å². The average molecular weight is 432 g/mol. The Kier molecular flexibility index (Phi) is 6.56. The Morgan fingerprint density at radius 2 is 2.03 bits per heavy atom. The van der Waals surface area contributed by atoms with Crippen LogP contribution < -0.4 is 5.32 Å². The fourth-order valence-corrected chi connectivity index (χ4v) is 5.68. The highest BCUT2D eigenvalue weighted by Crippen LogP contribution is 2.34. The van der Waals surface area contributed by atoms with Gasteiger partial charge in [-0.25, -0.2) is 4.98 Å². The first-order valence-corrected chi connectivity index (χ1v) is 12.5. The number of pyridine rings is 1. The molecule has 1 unspecified atom stereocenters. The van der Waals surface area contributed by atoms with Gasteiger partial charge in [-0.2, -0.15) is 0 Å². The molecule has 0 saturated carbocycles. The normalized spacial score (nSPS) is 21.4. The second-order valence-corrected chi connectivity index (χ2v) is 10.1. The van der Waals surface area contributed by atoms with Gasteiger partial charge < -0.3 is 9.88 Å². The Balaban J connectivity index is 1.48. The minimum atomic E-state index is 0.381. The van der Waals surface area contributed by atoms with Crippen molar-refractivity contribution < 1.29 is 0 Å². The molecule has 170 valence electrons. The lowest BCUT2D eigenvalue weighted by atomic mass is 9.90. The standard InChI is InChI=1S/C27H37N5/c1-20(2)17-31(25-13-5-9-22-10-7-15-29-27(22)25)19-26-30-23-11-3-4-12-24(23)32(26)18-21-8-6-14-28-16-21/h3-4,7,10-12,15,20-21,25,28H,5-6,8-9,13-14,16-19H2,1-2H3/t21-,25?/m0/s1. The summed E-state index contributed by atoms with van der Waals surface area (Å²) < 4.78 is 2.52. The van der Waals surface area contributed by atoms with Crippen LogP contribution in [0.4, 0.5) is 0 Å². The van der Waals surface area contributed by atoms with Gasteiger partial charge in [-0.1, -0.05) is 32.0 Å². The van der Waals surface area contributed by atoms with Gasteiger partial charge in [0.05, 0.1) is 29.3 Å². The lowest BCUT2D eigenvalue weighted by molar-refractivity contribution is 0.141. The van der Waals surface area contributed by atoms with Crippen LogP contribution in [0.25, 0.3) is 11.0 Å². The van der Waals surface area contributed by atoms with Crippen molar-refractivity contribution >= 4 is 11.0 Å². The van der Waals surface area contributed by atoms with E-state index in [1.54, 1.807) is 0 Å². The first kappa shape index (κ1) is 21.6. The van der Waals surface area contributed by atoms with E-state index in [0.717, 1.165) is 44.7 Å². The molecule has 0 radical (unpaired) electrons. The smallest absolute Gasteiger partial charge is 0.124 e. The average Bonchev–Trinajstić information content (AvgIpc) is 3.15. The number of nitrogens with zero attached hydrogens (tertiary/aromatic N) is 4. The fraction of sp³-hybridized carbons (Fsp3) is 0.556. The van der Waals surface area contributed by atoms with Gasteiger partial charge in [0.25, 0.3) is 0 Å². The molecule has 1 aromatic carbocycles. The maximum Gasteiger partial charge on any atom is 0.124 e. The van der Waals surface area contributed by atoms with Crippen LogP contribution in [0.15, 0.2) is 42.6 Å². The van der Waals surface area contributed by atoms with Crippen molar-refractivity contribution in [2.45, 2.75) is 65.1 Å². The Bertz CT molecular complexity index is 1030. The Hall–Kier alpha value is -2.24. The molecule has 2 aromatic heterocycles. The van der Waals surface area contributed by atoms with Gasteiger partial charge in [-0.3, -0.25) is 9.88 Å². The second kappa shape index (κ2) is 9.72. The number of aromatic nitrogens is 3. The number of benzene rings is 1. The molecule has 0 amide bonds. The summed E-state index contributed by atoms with van der Waals surface area (Å²) in [6, 6.07) is 13.4. The van der Waals surface area contributed by atoms with Crippen molar-refractivity contribution in [2.24, 2.45) is 11.8 Å². The van der Waals surface area contributed by atoms with E-state index in [1.807, 2.05) is 6.20 Å². The molecule has 5 heteroatoms. The SMILES string of the molecule is CC(C)CN(Cc1nc2ccccc2n1C[C@H]1CCCNC1)C1CCCc2cccnc21. The van der Waals surface area contributed by atoms with Crippen LogP contribution in [0.2, 0.25) is 0 Å². The van der Waals surface area contributed by atoms with Gasteiger partial charge in [-0.05, 0) is 80.8 Å². The summed E-state index contributed by atoms with van der Waals surface area (Å²) >= 11 is 0. The number of hydrogen-bond donors (Lipinski definition) is 1. The number of aryl methyl sites for hydroxylation is 1. The predicted molar refractivity (Wildman–Crippen MR) is 130 cm³/mol. The van der Waals surface area contributed by atoms with Gasteiger partial charge in [0, 0.05) is 19.3 Å². The summed E-state index contributed by atoms with van der Waals surface area (Å²) in [5, 5.41) is 3.59. The van der Waals surface area contributed by atoms with Gasteiger partial charge in [0.2, 0.25) is 0 Å². The molecule has 32 heavy (non-hydrogen) atoms. The third-order valence-corrected chi connectivity index (χ3v) is 7.12. The summed E-state index contributed by atoms with van der Waals surface area (Å²) in [4.78, 5) is 12.7. The van der Waals surface area contributed by atoms with E-state index in [0.29, 0.717) is 17.9 Å². The molecule has 5 rings (SSSR count). The van der Waals surface area contributed by atoms with Crippen molar-refractivity contribution in [3.05, 3.63) is 59.7 Å². The number of rotatable bonds is 7. The number of nitrogens with one attached hydrogen (secondary N) is 1. The minimum Gasteiger partial charge on any atom is -0.327 e. The molecule has 0 spiro atoms. The van der Waals surface area contributed by atoms with Crippen molar-refractivity contribution in [2.75, 3.05) is 19.6 Å². The number of imidazole rings is 1. The van der Waals surface area contributed by atoms with E-state index in [2.05, 4.69) is 65.0 Å². The molecule has 1 fully saturated rings. The van der Waals surface area contributed by atoms with Gasteiger partial charge in [0.15, 0.2) is 0 Å². The Morgan fingerprint density at radius 3 is 2.88 bits per heavy atom. The summed E-state index contributed by atoms with van der Waals surface area (Å²) in [5.41, 5.74) is 5.12. The fourth-order valence-electron chi connectivity index (χ4n) is 5.68. The van der Waals surface area contributed by atoms with Gasteiger partial charge in [0.1, 0.15) is 5.82 Å². The first-order chi connectivity index (χ1) is 15.7. The second-order valence-electron chi connectivity index (χ2n) is 10.1. The topological polar surface area (TPSA) is 46.0 Å². The molecule has 1 aliphatic carbocycles. The van der Waals surface area contributed by atoms with Crippen LogP contribution >= 0.6 is 0 Å². The summed E-state index contributed by atoms with van der Waals surface area (Å²) in [6.45, 7) is 9.92. The maximum atomic E-state index is 5.16. The van der Waals surface area contributed by atoms with Crippen LogP contribution in [0, 0.1) is 11.8 Å². The number of para-hydroxylation sites is 2. The molecule has 2 aliphatic rings. The van der Waals surface area contributed by atoms with E-state index in [4.69, 9.17) is 9.97 Å². The molecule has 1 aliphatic heterocycles. The van der Waals surface area contributed by atoms with Crippen LogP contribution in [-0.4, -0.2) is 39.1 Å². The van der Waals surface area contributed by atoms with Crippen LogP contribution in [0.1, 0.15) is 62.7 Å². The zero-order valence-corrected chi connectivity index (χ0v) is 19.6. The molecule has 2 atom stereocenters. The molecule has 0 bridgehead atoms. The highest BCUT2D eigenvalue weighted by Gasteiger charge is 2.29. The van der Waals surface area contributed by atoms with Crippen molar-refractivity contribution in [3.63, 3.8) is 0 Å². The zero-order valence-electron chi connectivity index (χ0n) is 19.6. The molecular weight excluding hydrogens is 394 g/mol. The van der Waals surface area contributed by atoms with Crippen molar-refractivity contribution in [3.8, 4) is 0 Å². The summed E-state index contributed by atoms with van der Waals surface area (Å²) in [5.74, 6) is 2.49. The number of fused-ring (bicyclic) bond motifs is 2. The van der Waals surface area contributed by atoms with Gasteiger partial charge in [-0.15, -0.1) is 0 Å². The number of hydrogen-bond acceptors (Lipinski definition) is 4. The maximum absolute atomic E-state index is 5.16. The Labute approximate surface area is 192 Å². The largest absolute Gasteiger partial charge is 0.327 e. The molecule has 1 saturated heterocycles. The third-order valence-electron chi connectivity index (χ3n) is 7.12. The van der Waals surface area contributed by atoms with Crippen molar-refractivity contribution in [1.29, 1.82) is 0 Å². The van der Waals surface area contributed by atoms with E-state index >= 15 is 0 Å². The first-order valence-electron chi connectivity index (χ1n) is 12.5. The Morgan fingerprint density at radius 1 is 1.12 bits per heavy atom. The predicted octanol–water partition coefficient (Wildman–Crippen LogP) is 4.97. The van der Waals surface area contributed by atoms with E-state index < -0.39 is 0 Å². The molecule has 3 aromatic rings. The highest BCUT2D eigenvalue weighted by molar-refractivity contribution is 5.75. The van der Waals surface area contributed by atoms with E-state index in [9.17, 15) is 0 Å². The molecule has 5 nitrogen and oxygen atoms in total. The third kappa shape index (κ3) is 4.60. The van der Waals surface area contributed by atoms with Gasteiger partial charge >= 0.3 is 0 Å². The highest BCUT2D eigenvalue weighted by atomic mass is 15.2. The molecular formula is C27H37N5. The molecule has 1 N–H and O–H groups in total. The number of piperidine rings is 1. The summed E-state index contributed by atoms with van der Waals surface area (Å²) in [6.07, 6.45) is 8.12. The minimum absolute atomic E-state index is 0.381. The van der Waals surface area contributed by atoms with Crippen molar-refractivity contribution in [1.82, 2.24) is 24.8 Å². The molecule has 3 heterocycles. The zero-order chi connectivity index (χ0) is 21.9. The van der Waals surface area contributed by atoms with E-state index in [1.165, 1.54) is 48.3 Å². The lowest BCUT2D eigenvalue weighted by Gasteiger charge is -2.36. The van der Waals surface area contributed by atoms with Crippen LogP contribution in [-0.2, 0) is 19.5 Å². The van der Waals surface area contributed by atoms with E-state index in [-0.39, 0.29) is 0 Å². The monoisotopic (exact) mass is 431 g/mol.